The molecule has 124 valence electrons. The van der Waals surface area contributed by atoms with E-state index < -0.39 is 6.10 Å². The third-order valence-corrected chi connectivity index (χ3v) is 4.08. The quantitative estimate of drug-likeness (QED) is 0.778. The van der Waals surface area contributed by atoms with Gasteiger partial charge in [-0.2, -0.15) is 0 Å². The Balaban J connectivity index is 1.76. The average molecular weight is 334 g/mol. The summed E-state index contributed by atoms with van der Waals surface area (Å²) in [6, 6.07) is 7.86. The number of hydrogen-bond donors (Lipinski definition) is 2. The summed E-state index contributed by atoms with van der Waals surface area (Å²) < 4.78 is 5.68. The second kappa shape index (κ2) is 8.64. The molecule has 1 aromatic carbocycles. The molecule has 0 fully saturated rings. The highest BCUT2D eigenvalue weighted by atomic mass is 32.1. The second-order valence-electron chi connectivity index (χ2n) is 5.50. The molecule has 6 heteroatoms. The molecule has 23 heavy (non-hydrogen) atoms. The van der Waals surface area contributed by atoms with E-state index in [2.05, 4.69) is 10.3 Å². The lowest BCUT2D eigenvalue weighted by atomic mass is 10.2. The van der Waals surface area contributed by atoms with Crippen LogP contribution < -0.4 is 10.1 Å². The maximum Gasteiger partial charge on any atom is 0.226 e. The van der Waals surface area contributed by atoms with Crippen LogP contribution in [0.25, 0.3) is 0 Å². The van der Waals surface area contributed by atoms with Gasteiger partial charge in [-0.3, -0.25) is 4.79 Å². The third kappa shape index (κ3) is 6.38. The van der Waals surface area contributed by atoms with Crippen LogP contribution in [0.2, 0.25) is 0 Å². The maximum atomic E-state index is 11.8. The summed E-state index contributed by atoms with van der Waals surface area (Å²) in [7, 11) is 0. The molecule has 0 bridgehead atoms. The molecule has 2 aromatic rings. The number of aromatic nitrogens is 1. The summed E-state index contributed by atoms with van der Waals surface area (Å²) in [6.45, 7) is 4.61. The summed E-state index contributed by atoms with van der Waals surface area (Å²) in [6.07, 6.45) is 0.402. The van der Waals surface area contributed by atoms with E-state index in [0.717, 1.165) is 16.5 Å². The summed E-state index contributed by atoms with van der Waals surface area (Å²) in [5, 5.41) is 14.6. The van der Waals surface area contributed by atoms with E-state index in [4.69, 9.17) is 9.84 Å². The number of aryl methyl sites for hydroxylation is 1. The normalized spacial score (nSPS) is 12.0. The fourth-order valence-electron chi connectivity index (χ4n) is 1.92. The lowest BCUT2D eigenvalue weighted by molar-refractivity contribution is -0.120. The van der Waals surface area contributed by atoms with Crippen LogP contribution in [-0.2, 0) is 17.8 Å². The highest BCUT2D eigenvalue weighted by molar-refractivity contribution is 7.09. The first kappa shape index (κ1) is 17.4. The average Bonchev–Trinajstić information content (AvgIpc) is 2.93. The summed E-state index contributed by atoms with van der Waals surface area (Å²) in [5.41, 5.74) is 1.93. The highest BCUT2D eigenvalue weighted by Gasteiger charge is 2.08. The standard InChI is InChI=1S/C17H22N2O3S/c1-12-3-5-15(6-4-12)22-10-17-19-14(11-23-17)9-16(21)18-8-7-13(2)20/h3-6,11,13,20H,7-10H2,1-2H3,(H,18,21). The van der Waals surface area contributed by atoms with E-state index in [1.54, 1.807) is 6.92 Å². The van der Waals surface area contributed by atoms with Crippen LogP contribution in [0.3, 0.4) is 0 Å². The van der Waals surface area contributed by atoms with Crippen molar-refractivity contribution in [3.63, 3.8) is 0 Å². The number of carbonyl (C=O) groups excluding carboxylic acids is 1. The van der Waals surface area contributed by atoms with E-state index >= 15 is 0 Å². The van der Waals surface area contributed by atoms with Gasteiger partial charge in [0.15, 0.2) is 0 Å². The van der Waals surface area contributed by atoms with Crippen molar-refractivity contribution in [1.82, 2.24) is 10.3 Å². The largest absolute Gasteiger partial charge is 0.486 e. The predicted octanol–water partition coefficient (Wildman–Crippen LogP) is 2.46. The zero-order valence-corrected chi connectivity index (χ0v) is 14.2. The predicted molar refractivity (Wildman–Crippen MR) is 90.6 cm³/mol. The Bertz CT molecular complexity index is 623. The molecular weight excluding hydrogens is 312 g/mol. The van der Waals surface area contributed by atoms with Gasteiger partial charge in [0.05, 0.1) is 18.2 Å². The number of aliphatic hydroxyl groups excluding tert-OH is 1. The van der Waals surface area contributed by atoms with E-state index in [-0.39, 0.29) is 12.3 Å². The number of thiazole rings is 1. The van der Waals surface area contributed by atoms with E-state index in [1.807, 2.05) is 36.6 Å². The lowest BCUT2D eigenvalue weighted by Gasteiger charge is -2.05. The summed E-state index contributed by atoms with van der Waals surface area (Å²) in [5.74, 6) is 0.727. The highest BCUT2D eigenvalue weighted by Crippen LogP contribution is 2.16. The number of ether oxygens (including phenoxy) is 1. The number of nitrogens with zero attached hydrogens (tertiary/aromatic N) is 1. The Hall–Kier alpha value is -1.92. The minimum atomic E-state index is -0.403. The number of benzene rings is 1. The molecule has 0 saturated heterocycles. The van der Waals surface area contributed by atoms with Crippen molar-refractivity contribution in [2.75, 3.05) is 6.54 Å². The molecular formula is C17H22N2O3S. The summed E-state index contributed by atoms with van der Waals surface area (Å²) >= 11 is 1.49. The fraction of sp³-hybridized carbons (Fsp3) is 0.412. The molecule has 1 atom stereocenters. The molecule has 0 aliphatic rings. The fourth-order valence-corrected chi connectivity index (χ4v) is 2.63. The zero-order valence-electron chi connectivity index (χ0n) is 13.4. The molecule has 1 heterocycles. The van der Waals surface area contributed by atoms with Crippen LogP contribution >= 0.6 is 11.3 Å². The maximum absolute atomic E-state index is 11.8. The van der Waals surface area contributed by atoms with Crippen LogP contribution in [0.15, 0.2) is 29.6 Å². The lowest BCUT2D eigenvalue weighted by Crippen LogP contribution is -2.28. The molecule has 0 aliphatic heterocycles. The monoisotopic (exact) mass is 334 g/mol. The van der Waals surface area contributed by atoms with Gasteiger partial charge in [-0.1, -0.05) is 17.7 Å². The molecule has 1 aromatic heterocycles. The van der Waals surface area contributed by atoms with Crippen molar-refractivity contribution < 1.29 is 14.6 Å². The van der Waals surface area contributed by atoms with Gasteiger partial charge in [0, 0.05) is 11.9 Å². The molecule has 0 aliphatic carbocycles. The van der Waals surface area contributed by atoms with Gasteiger partial charge < -0.3 is 15.2 Å². The van der Waals surface area contributed by atoms with Gasteiger partial charge in [-0.25, -0.2) is 4.98 Å². The van der Waals surface area contributed by atoms with Crippen LogP contribution in [-0.4, -0.2) is 28.6 Å². The Morgan fingerprint density at radius 3 is 2.83 bits per heavy atom. The molecule has 2 N–H and O–H groups in total. The molecule has 0 spiro atoms. The number of nitrogens with one attached hydrogen (secondary N) is 1. The van der Waals surface area contributed by atoms with Crippen molar-refractivity contribution in [1.29, 1.82) is 0 Å². The number of aliphatic hydroxyl groups is 1. The second-order valence-corrected chi connectivity index (χ2v) is 6.44. The van der Waals surface area contributed by atoms with Gasteiger partial charge in [0.25, 0.3) is 0 Å². The van der Waals surface area contributed by atoms with Crippen molar-refractivity contribution in [3.8, 4) is 5.75 Å². The van der Waals surface area contributed by atoms with Gasteiger partial charge in [-0.15, -0.1) is 11.3 Å². The topological polar surface area (TPSA) is 71.5 Å². The Morgan fingerprint density at radius 1 is 1.39 bits per heavy atom. The Morgan fingerprint density at radius 2 is 2.13 bits per heavy atom. The molecule has 0 radical (unpaired) electrons. The van der Waals surface area contributed by atoms with Gasteiger partial charge in [0.1, 0.15) is 17.4 Å². The number of amides is 1. The van der Waals surface area contributed by atoms with E-state index in [0.29, 0.717) is 19.6 Å². The third-order valence-electron chi connectivity index (χ3n) is 3.21. The van der Waals surface area contributed by atoms with Crippen LogP contribution in [0.5, 0.6) is 5.75 Å². The van der Waals surface area contributed by atoms with Crippen LogP contribution in [0.4, 0.5) is 0 Å². The minimum absolute atomic E-state index is 0.0815. The molecule has 0 saturated carbocycles. The van der Waals surface area contributed by atoms with Gasteiger partial charge in [0.2, 0.25) is 5.91 Å². The first-order valence-corrected chi connectivity index (χ1v) is 8.48. The van der Waals surface area contributed by atoms with E-state index in [1.165, 1.54) is 16.9 Å². The van der Waals surface area contributed by atoms with Crippen LogP contribution in [0, 0.1) is 6.92 Å². The molecule has 2 rings (SSSR count). The minimum Gasteiger partial charge on any atom is -0.486 e. The SMILES string of the molecule is Cc1ccc(OCc2nc(CC(=O)NCCC(C)O)cs2)cc1. The van der Waals surface area contributed by atoms with Crippen molar-refractivity contribution in [2.24, 2.45) is 0 Å². The van der Waals surface area contributed by atoms with Crippen LogP contribution in [0.1, 0.15) is 29.6 Å². The Labute approximate surface area is 140 Å². The first-order chi connectivity index (χ1) is 11.0. The first-order valence-electron chi connectivity index (χ1n) is 7.60. The van der Waals surface area contributed by atoms with E-state index in [9.17, 15) is 4.79 Å². The van der Waals surface area contributed by atoms with Crippen molar-refractivity contribution >= 4 is 17.2 Å². The molecule has 1 amide bonds. The Kier molecular flexibility index (Phi) is 6.55. The smallest absolute Gasteiger partial charge is 0.226 e. The van der Waals surface area contributed by atoms with Crippen molar-refractivity contribution in [2.45, 2.75) is 39.4 Å². The zero-order chi connectivity index (χ0) is 16.7. The summed E-state index contributed by atoms with van der Waals surface area (Å²) in [4.78, 5) is 16.2. The number of carbonyl (C=O) groups is 1. The van der Waals surface area contributed by atoms with Gasteiger partial charge in [-0.05, 0) is 32.4 Å². The van der Waals surface area contributed by atoms with Gasteiger partial charge >= 0.3 is 0 Å². The van der Waals surface area contributed by atoms with Crippen molar-refractivity contribution in [3.05, 3.63) is 45.9 Å². The molecule has 5 nitrogen and oxygen atoms in total. The molecule has 1 unspecified atom stereocenters. The number of rotatable bonds is 8. The number of hydrogen-bond acceptors (Lipinski definition) is 5.